The summed E-state index contributed by atoms with van der Waals surface area (Å²) in [7, 11) is 5.96. The molecule has 0 bridgehead atoms. The van der Waals surface area contributed by atoms with Crippen LogP contribution in [0.15, 0.2) is 0 Å². The minimum absolute atomic E-state index is 0.746. The molecule has 0 radical (unpaired) electrons. The van der Waals surface area contributed by atoms with Gasteiger partial charge in [-0.1, -0.05) is 15.2 Å². The number of rotatable bonds is 14. The van der Waals surface area contributed by atoms with E-state index in [0.717, 1.165) is 29.9 Å². The van der Waals surface area contributed by atoms with Crippen LogP contribution in [-0.4, -0.2) is 155 Å². The zero-order valence-electron chi connectivity index (χ0n) is 18.2. The minimum atomic E-state index is -2.20. The molecule has 6 N–H and O–H groups in total. The van der Waals surface area contributed by atoms with E-state index < -0.39 is 58.6 Å². The van der Waals surface area contributed by atoms with Crippen molar-refractivity contribution in [1.82, 2.24) is 29.9 Å². The summed E-state index contributed by atoms with van der Waals surface area (Å²) in [4.78, 5) is 19.3. The Morgan fingerprint density at radius 1 is 0.613 bits per heavy atom. The fraction of sp³-hybridized carbons (Fsp3) is 1.00. The summed E-state index contributed by atoms with van der Waals surface area (Å²) in [6.45, 7) is -4.77. The van der Waals surface area contributed by atoms with Gasteiger partial charge in [-0.2, -0.15) is 9.80 Å². The van der Waals surface area contributed by atoms with Gasteiger partial charge >= 0.3 is 0 Å². The molecule has 1 saturated heterocycles. The van der Waals surface area contributed by atoms with Crippen molar-refractivity contribution in [1.29, 1.82) is 0 Å². The van der Waals surface area contributed by atoms with Gasteiger partial charge in [0.15, 0.2) is 6.29 Å². The lowest BCUT2D eigenvalue weighted by Crippen LogP contribution is -2.91. The first kappa shape index (κ1) is 28.4. The molecular weight excluding hydrogens is 428 g/mol. The van der Waals surface area contributed by atoms with E-state index >= 15 is 0 Å². The summed E-state index contributed by atoms with van der Waals surface area (Å²) in [6.07, 6.45) is -1.43. The summed E-state index contributed by atoms with van der Waals surface area (Å²) in [5.74, 6) is -4.40. The molecule has 1 aliphatic heterocycles. The molecule has 186 valence electrons. The van der Waals surface area contributed by atoms with Crippen LogP contribution in [0.1, 0.15) is 0 Å². The largest absolute Gasteiger partial charge is 0.381 e. The van der Waals surface area contributed by atoms with Gasteiger partial charge in [0, 0.05) is 14.2 Å². The van der Waals surface area contributed by atoms with Crippen molar-refractivity contribution in [3.8, 4) is 0 Å². The third-order valence-electron chi connectivity index (χ3n) is 4.84. The zero-order valence-corrected chi connectivity index (χ0v) is 18.2. The van der Waals surface area contributed by atoms with Crippen molar-refractivity contribution in [2.24, 2.45) is 0 Å². The maximum Gasteiger partial charge on any atom is 0.299 e. The van der Waals surface area contributed by atoms with Gasteiger partial charge in [-0.25, -0.2) is 4.90 Å². The van der Waals surface area contributed by atoms with Crippen molar-refractivity contribution in [2.75, 3.05) is 75.9 Å². The third-order valence-corrected chi connectivity index (χ3v) is 4.84. The second-order valence-electron chi connectivity index (χ2n) is 5.91. The standard InChI is InChI=1S/C14H34N6O11/c1-27-13(16(8-23)9-24)18(29-3)12(15(6-21)7-22)19(30-4)14(28-2,20(13)31-5)17(10-25)11-26/h12,21-26H,6-11H2,1-5H3. The van der Waals surface area contributed by atoms with Gasteiger partial charge in [-0.15, -0.1) is 0 Å². The van der Waals surface area contributed by atoms with Crippen molar-refractivity contribution in [3.05, 3.63) is 0 Å². The zero-order chi connectivity index (χ0) is 23.8. The molecule has 0 aromatic carbocycles. The highest BCUT2D eigenvalue weighted by Crippen LogP contribution is 2.45. The smallest absolute Gasteiger partial charge is 0.299 e. The maximum absolute atomic E-state index is 9.97. The Morgan fingerprint density at radius 2 is 0.968 bits per heavy atom. The predicted octanol–water partition coefficient (Wildman–Crippen LogP) is -5.01. The van der Waals surface area contributed by atoms with E-state index in [4.69, 9.17) is 24.0 Å². The molecule has 1 fully saturated rings. The SMILES string of the molecule is CON1C(N(CO)CO)N(OC)C(OC)(N(CO)CO)N(OC)C1(OC)N(CO)CO. The molecule has 2 unspecified atom stereocenters. The number of methoxy groups -OCH3 is 2. The van der Waals surface area contributed by atoms with Crippen LogP contribution < -0.4 is 0 Å². The van der Waals surface area contributed by atoms with Gasteiger partial charge in [0.1, 0.15) is 26.9 Å². The van der Waals surface area contributed by atoms with Crippen LogP contribution in [0.3, 0.4) is 0 Å². The van der Waals surface area contributed by atoms with Gasteiger partial charge < -0.3 is 40.1 Å². The van der Waals surface area contributed by atoms with Gasteiger partial charge in [0.05, 0.1) is 34.8 Å². The van der Waals surface area contributed by atoms with E-state index in [-0.39, 0.29) is 0 Å². The van der Waals surface area contributed by atoms with E-state index in [2.05, 4.69) is 0 Å². The first-order chi connectivity index (χ1) is 14.9. The third kappa shape index (κ3) is 4.30. The molecule has 0 amide bonds. The van der Waals surface area contributed by atoms with E-state index in [1.807, 2.05) is 0 Å². The molecule has 17 nitrogen and oxygen atoms in total. The Hall–Kier alpha value is -0.680. The second-order valence-corrected chi connectivity index (χ2v) is 5.91. The molecule has 31 heavy (non-hydrogen) atoms. The van der Waals surface area contributed by atoms with Crippen LogP contribution in [0.2, 0.25) is 0 Å². The first-order valence-electron chi connectivity index (χ1n) is 8.91. The number of aliphatic hydroxyl groups excluding tert-OH is 6. The number of ether oxygens (including phenoxy) is 2. The molecule has 1 aliphatic rings. The summed E-state index contributed by atoms with van der Waals surface area (Å²) in [6, 6.07) is 0. The highest BCUT2D eigenvalue weighted by Gasteiger charge is 2.72. The Kier molecular flexibility index (Phi) is 11.5. The average Bonchev–Trinajstić information content (AvgIpc) is 2.80. The molecular formula is C14H34N6O11. The van der Waals surface area contributed by atoms with Gasteiger partial charge in [-0.05, 0) is 0 Å². The monoisotopic (exact) mass is 462 g/mol. The Balaban J connectivity index is 4.08. The van der Waals surface area contributed by atoms with Crippen LogP contribution in [0.25, 0.3) is 0 Å². The Morgan fingerprint density at radius 3 is 1.16 bits per heavy atom. The molecule has 0 saturated carbocycles. The number of hydroxylamine groups is 6. The average molecular weight is 462 g/mol. The van der Waals surface area contributed by atoms with E-state index in [0.29, 0.717) is 0 Å². The van der Waals surface area contributed by atoms with Gasteiger partial charge in [0.25, 0.3) is 11.9 Å². The molecule has 0 aromatic rings. The van der Waals surface area contributed by atoms with Gasteiger partial charge in [-0.3, -0.25) is 14.5 Å². The van der Waals surface area contributed by atoms with Crippen LogP contribution >= 0.6 is 0 Å². The quantitative estimate of drug-likeness (QED) is 0.135. The van der Waals surface area contributed by atoms with Crippen molar-refractivity contribution in [3.63, 3.8) is 0 Å². The molecule has 2 atom stereocenters. The lowest BCUT2D eigenvalue weighted by Gasteiger charge is -2.66. The molecule has 17 heteroatoms. The summed E-state index contributed by atoms with van der Waals surface area (Å²) in [5, 5.41) is 62.4. The molecule has 1 heterocycles. The maximum atomic E-state index is 9.97. The van der Waals surface area contributed by atoms with Crippen LogP contribution in [0, 0.1) is 0 Å². The molecule has 0 aliphatic carbocycles. The molecule has 0 spiro atoms. The predicted molar refractivity (Wildman–Crippen MR) is 97.8 cm³/mol. The number of hydrogen-bond acceptors (Lipinski definition) is 17. The lowest BCUT2D eigenvalue weighted by molar-refractivity contribution is -0.631. The van der Waals surface area contributed by atoms with E-state index in [1.165, 1.54) is 35.5 Å². The van der Waals surface area contributed by atoms with Crippen LogP contribution in [0.5, 0.6) is 0 Å². The van der Waals surface area contributed by atoms with Crippen molar-refractivity contribution >= 4 is 0 Å². The number of hydrogen-bond donors (Lipinski definition) is 6. The lowest BCUT2D eigenvalue weighted by atomic mass is 10.3. The Labute approximate surface area is 179 Å². The van der Waals surface area contributed by atoms with Crippen molar-refractivity contribution in [2.45, 2.75) is 18.2 Å². The first-order valence-corrected chi connectivity index (χ1v) is 8.91. The van der Waals surface area contributed by atoms with Crippen LogP contribution in [-0.2, 0) is 24.0 Å². The van der Waals surface area contributed by atoms with E-state index in [9.17, 15) is 30.6 Å². The topological polar surface area (TPSA) is 187 Å². The normalized spacial score (nSPS) is 29.0. The molecule has 0 aromatic heterocycles. The van der Waals surface area contributed by atoms with E-state index in [1.54, 1.807) is 0 Å². The molecule has 1 rings (SSSR count). The summed E-state index contributed by atoms with van der Waals surface area (Å²) in [5.41, 5.74) is 0. The van der Waals surface area contributed by atoms with Gasteiger partial charge in [0.2, 0.25) is 0 Å². The van der Waals surface area contributed by atoms with Crippen molar-refractivity contribution < 1.29 is 54.6 Å². The summed E-state index contributed by atoms with van der Waals surface area (Å²) < 4.78 is 11.3. The fourth-order valence-corrected chi connectivity index (χ4v) is 3.51. The second kappa shape index (κ2) is 12.5. The van der Waals surface area contributed by atoms with Crippen LogP contribution in [0.4, 0.5) is 0 Å². The Bertz CT molecular complexity index is 479. The summed E-state index contributed by atoms with van der Waals surface area (Å²) >= 11 is 0. The highest BCUT2D eigenvalue weighted by atomic mass is 16.9. The number of nitrogens with zero attached hydrogens (tertiary/aromatic N) is 6. The highest BCUT2D eigenvalue weighted by molar-refractivity contribution is 4.91. The fourth-order valence-electron chi connectivity index (χ4n) is 3.51. The minimum Gasteiger partial charge on any atom is -0.381 e. The number of aliphatic hydroxyl groups is 6.